The van der Waals surface area contributed by atoms with Crippen LogP contribution in [0.1, 0.15) is 68.4 Å². The van der Waals surface area contributed by atoms with E-state index in [1.54, 1.807) is 24.5 Å². The summed E-state index contributed by atoms with van der Waals surface area (Å²) in [6.07, 6.45) is 7.56. The average molecular weight is 515 g/mol. The molecule has 1 aliphatic heterocycles. The number of aromatic nitrogens is 4. The normalized spacial score (nSPS) is 14.1. The van der Waals surface area contributed by atoms with E-state index in [0.717, 1.165) is 35.3 Å². The Morgan fingerprint density at radius 3 is 2.50 bits per heavy atom. The number of Topliss-reactive ketones (excluding diaryl/α,β-unsaturated/α-hetero) is 1. The van der Waals surface area contributed by atoms with Gasteiger partial charge in [0, 0.05) is 55.0 Å². The standard InChI is InChI=1S/C28H34N8O2/c1-19-16-30-26(33-25(19)21-9-7-20(8-10-21)24(37)6-5-13-29)32-22-17-31-36(18-22)23-11-14-35(15-12-23)27(38)34-28(2,3)4/h7-10,16-18,23H,5-6,11-12,14-15H2,1-4H3,(H,34,38)(H,30,32,33). The van der Waals surface area contributed by atoms with Gasteiger partial charge in [-0.15, -0.1) is 0 Å². The van der Waals surface area contributed by atoms with Crippen LogP contribution in [-0.2, 0) is 0 Å². The number of carbonyl (C=O) groups excluding carboxylic acids is 2. The Labute approximate surface area is 223 Å². The summed E-state index contributed by atoms with van der Waals surface area (Å²) >= 11 is 0. The number of likely N-dealkylation sites (tertiary alicyclic amines) is 1. The van der Waals surface area contributed by atoms with Crippen LogP contribution in [-0.4, -0.2) is 55.1 Å². The van der Waals surface area contributed by atoms with Crippen LogP contribution in [0.2, 0.25) is 0 Å². The highest BCUT2D eigenvalue weighted by atomic mass is 16.2. The minimum Gasteiger partial charge on any atom is -0.333 e. The molecular weight excluding hydrogens is 480 g/mol. The molecule has 1 aliphatic rings. The molecule has 198 valence electrons. The summed E-state index contributed by atoms with van der Waals surface area (Å²) in [4.78, 5) is 35.6. The highest BCUT2D eigenvalue weighted by molar-refractivity contribution is 5.96. The topological polar surface area (TPSA) is 129 Å². The largest absolute Gasteiger partial charge is 0.333 e. The van der Waals surface area contributed by atoms with E-state index in [1.165, 1.54) is 0 Å². The second-order valence-corrected chi connectivity index (χ2v) is 10.6. The summed E-state index contributed by atoms with van der Waals surface area (Å²) < 4.78 is 1.94. The summed E-state index contributed by atoms with van der Waals surface area (Å²) in [7, 11) is 0. The second-order valence-electron chi connectivity index (χ2n) is 10.6. The monoisotopic (exact) mass is 514 g/mol. The van der Waals surface area contributed by atoms with Crippen molar-refractivity contribution < 1.29 is 9.59 Å². The third-order valence-electron chi connectivity index (χ3n) is 6.38. The van der Waals surface area contributed by atoms with E-state index >= 15 is 0 Å². The molecule has 0 aliphatic carbocycles. The maximum Gasteiger partial charge on any atom is 0.317 e. The zero-order valence-electron chi connectivity index (χ0n) is 22.4. The van der Waals surface area contributed by atoms with Gasteiger partial charge in [-0.1, -0.05) is 24.3 Å². The van der Waals surface area contributed by atoms with Gasteiger partial charge in [0.2, 0.25) is 5.95 Å². The SMILES string of the molecule is Cc1cnc(Nc2cnn(C3CCN(C(=O)NC(C)(C)C)CC3)c2)nc1-c1ccc(C(=O)CCC#N)cc1. The Kier molecular flexibility index (Phi) is 8.05. The van der Waals surface area contributed by atoms with Crippen molar-refractivity contribution in [2.75, 3.05) is 18.4 Å². The summed E-state index contributed by atoms with van der Waals surface area (Å²) in [5.41, 5.74) is 3.68. The molecule has 4 rings (SSSR count). The van der Waals surface area contributed by atoms with Crippen molar-refractivity contribution in [2.24, 2.45) is 0 Å². The molecule has 1 aromatic carbocycles. The van der Waals surface area contributed by atoms with Crippen LogP contribution in [0.4, 0.5) is 16.4 Å². The smallest absolute Gasteiger partial charge is 0.317 e. The van der Waals surface area contributed by atoms with Crippen LogP contribution >= 0.6 is 0 Å². The van der Waals surface area contributed by atoms with Crippen LogP contribution < -0.4 is 10.6 Å². The minimum absolute atomic E-state index is 0.0219. The summed E-state index contributed by atoms with van der Waals surface area (Å²) in [6, 6.07) is 9.47. The fraction of sp³-hybridized carbons (Fsp3) is 0.429. The molecule has 10 nitrogen and oxygen atoms in total. The number of hydrogen-bond donors (Lipinski definition) is 2. The maximum absolute atomic E-state index is 12.4. The third-order valence-corrected chi connectivity index (χ3v) is 6.38. The van der Waals surface area contributed by atoms with E-state index < -0.39 is 0 Å². The molecule has 2 amide bonds. The van der Waals surface area contributed by atoms with Crippen LogP contribution in [0.25, 0.3) is 11.3 Å². The molecule has 2 aromatic heterocycles. The van der Waals surface area contributed by atoms with E-state index in [4.69, 9.17) is 10.2 Å². The molecule has 10 heteroatoms. The Hall–Kier alpha value is -4.26. The fourth-order valence-electron chi connectivity index (χ4n) is 4.39. The molecule has 1 saturated heterocycles. The number of piperidine rings is 1. The molecule has 0 bridgehead atoms. The molecule has 1 fully saturated rings. The number of nitriles is 1. The van der Waals surface area contributed by atoms with Crippen molar-refractivity contribution in [1.29, 1.82) is 5.26 Å². The first-order chi connectivity index (χ1) is 18.1. The predicted octanol–water partition coefficient (Wildman–Crippen LogP) is 5.02. The number of aryl methyl sites for hydroxylation is 1. The summed E-state index contributed by atoms with van der Waals surface area (Å²) in [6.45, 7) is 9.25. The Bertz CT molecular complexity index is 1330. The molecule has 0 atom stereocenters. The van der Waals surface area contributed by atoms with Crippen LogP contribution in [0.15, 0.2) is 42.9 Å². The quantitative estimate of drug-likeness (QED) is 0.423. The van der Waals surface area contributed by atoms with Gasteiger partial charge in [0.15, 0.2) is 5.78 Å². The maximum atomic E-state index is 12.4. The van der Waals surface area contributed by atoms with Gasteiger partial charge in [0.25, 0.3) is 0 Å². The number of carbonyl (C=O) groups is 2. The average Bonchev–Trinajstić information content (AvgIpc) is 3.36. The molecule has 3 aromatic rings. The fourth-order valence-corrected chi connectivity index (χ4v) is 4.39. The summed E-state index contributed by atoms with van der Waals surface area (Å²) in [5, 5.41) is 19.5. The van der Waals surface area contributed by atoms with Crippen LogP contribution in [0, 0.1) is 18.3 Å². The first-order valence-corrected chi connectivity index (χ1v) is 12.9. The molecule has 0 unspecified atom stereocenters. The van der Waals surface area contributed by atoms with E-state index in [-0.39, 0.29) is 36.2 Å². The Morgan fingerprint density at radius 2 is 1.84 bits per heavy atom. The van der Waals surface area contributed by atoms with Gasteiger partial charge in [-0.3, -0.25) is 9.48 Å². The molecular formula is C28H34N8O2. The number of anilines is 2. The lowest BCUT2D eigenvalue weighted by atomic mass is 10.0. The number of amides is 2. The number of hydrogen-bond acceptors (Lipinski definition) is 7. The zero-order valence-corrected chi connectivity index (χ0v) is 22.4. The van der Waals surface area contributed by atoms with E-state index in [1.807, 2.05) is 61.7 Å². The molecule has 3 heterocycles. The van der Waals surface area contributed by atoms with Crippen molar-refractivity contribution in [1.82, 2.24) is 30.0 Å². The van der Waals surface area contributed by atoms with E-state index in [0.29, 0.717) is 24.6 Å². The minimum atomic E-state index is -0.255. The van der Waals surface area contributed by atoms with E-state index in [9.17, 15) is 9.59 Å². The number of rotatable bonds is 7. The number of nitrogens with one attached hydrogen (secondary N) is 2. The number of nitrogens with zero attached hydrogens (tertiary/aromatic N) is 6. The van der Waals surface area contributed by atoms with Gasteiger partial charge in [-0.25, -0.2) is 14.8 Å². The molecule has 2 N–H and O–H groups in total. The number of benzene rings is 1. The first kappa shape index (κ1) is 26.8. The number of urea groups is 1. The third kappa shape index (κ3) is 6.73. The van der Waals surface area contributed by atoms with Crippen molar-refractivity contribution >= 4 is 23.5 Å². The van der Waals surface area contributed by atoms with Crippen molar-refractivity contribution in [3.05, 3.63) is 54.0 Å². The lowest BCUT2D eigenvalue weighted by Crippen LogP contribution is -2.50. The van der Waals surface area contributed by atoms with Gasteiger partial charge in [0.1, 0.15) is 0 Å². The predicted molar refractivity (Wildman–Crippen MR) is 145 cm³/mol. The van der Waals surface area contributed by atoms with Crippen molar-refractivity contribution in [3.63, 3.8) is 0 Å². The van der Waals surface area contributed by atoms with Crippen molar-refractivity contribution in [3.8, 4) is 17.3 Å². The first-order valence-electron chi connectivity index (χ1n) is 12.9. The lowest BCUT2D eigenvalue weighted by molar-refractivity contribution is 0.0984. The van der Waals surface area contributed by atoms with E-state index in [2.05, 4.69) is 20.7 Å². The summed E-state index contributed by atoms with van der Waals surface area (Å²) in [5.74, 6) is 0.406. The highest BCUT2D eigenvalue weighted by Crippen LogP contribution is 2.26. The van der Waals surface area contributed by atoms with Gasteiger partial charge < -0.3 is 15.5 Å². The van der Waals surface area contributed by atoms with Crippen LogP contribution in [0.3, 0.4) is 0 Å². The van der Waals surface area contributed by atoms with Gasteiger partial charge in [0.05, 0.1) is 29.7 Å². The lowest BCUT2D eigenvalue weighted by Gasteiger charge is -2.34. The van der Waals surface area contributed by atoms with Crippen LogP contribution in [0.5, 0.6) is 0 Å². The molecule has 38 heavy (non-hydrogen) atoms. The Morgan fingerprint density at radius 1 is 1.13 bits per heavy atom. The van der Waals surface area contributed by atoms with Crippen molar-refractivity contribution in [2.45, 2.75) is 65.0 Å². The zero-order chi connectivity index (χ0) is 27.3. The second kappa shape index (κ2) is 11.4. The highest BCUT2D eigenvalue weighted by Gasteiger charge is 2.26. The van der Waals surface area contributed by atoms with Gasteiger partial charge in [-0.05, 0) is 46.1 Å². The molecule has 0 radical (unpaired) electrons. The molecule has 0 spiro atoms. The van der Waals surface area contributed by atoms with Gasteiger partial charge >= 0.3 is 6.03 Å². The molecule has 0 saturated carbocycles. The number of ketones is 1. The van der Waals surface area contributed by atoms with Gasteiger partial charge in [-0.2, -0.15) is 10.4 Å². The Balaban J connectivity index is 1.39.